The molecule has 7 heteroatoms. The van der Waals surface area contributed by atoms with Crippen LogP contribution in [-0.2, 0) is 17.9 Å². The van der Waals surface area contributed by atoms with Gasteiger partial charge < -0.3 is 14.6 Å². The van der Waals surface area contributed by atoms with E-state index < -0.39 is 0 Å². The van der Waals surface area contributed by atoms with Crippen molar-refractivity contribution in [2.24, 2.45) is 0 Å². The molecule has 0 saturated carbocycles. The number of nitrogens with one attached hydrogen (secondary N) is 1. The number of nitrogens with zero attached hydrogens (tertiary/aromatic N) is 2. The summed E-state index contributed by atoms with van der Waals surface area (Å²) in [5.74, 6) is 0.643. The van der Waals surface area contributed by atoms with Gasteiger partial charge in [-0.05, 0) is 41.6 Å². The van der Waals surface area contributed by atoms with Crippen LogP contribution in [0.4, 0.5) is 0 Å². The van der Waals surface area contributed by atoms with Gasteiger partial charge in [-0.15, -0.1) is 0 Å². The molecule has 2 amide bonds. The van der Waals surface area contributed by atoms with E-state index in [1.54, 1.807) is 35.0 Å². The highest BCUT2D eigenvalue weighted by Gasteiger charge is 2.16. The van der Waals surface area contributed by atoms with Crippen molar-refractivity contribution in [1.29, 1.82) is 0 Å². The Labute approximate surface area is 161 Å². The van der Waals surface area contributed by atoms with Crippen LogP contribution >= 0.6 is 11.3 Å². The highest BCUT2D eigenvalue weighted by Crippen LogP contribution is 2.12. The normalized spacial score (nSPS) is 10.5. The molecular weight excluding hydrogens is 362 g/mol. The van der Waals surface area contributed by atoms with Crippen LogP contribution in [0.1, 0.15) is 34.5 Å². The van der Waals surface area contributed by atoms with Crippen molar-refractivity contribution in [3.05, 3.63) is 76.6 Å². The van der Waals surface area contributed by atoms with Crippen molar-refractivity contribution >= 4 is 23.2 Å². The quantitative estimate of drug-likeness (QED) is 0.574. The Hall–Kier alpha value is -2.93. The number of amides is 2. The number of furan rings is 1. The molecule has 0 aliphatic heterocycles. The molecule has 0 aliphatic carbocycles. The lowest BCUT2D eigenvalue weighted by Gasteiger charge is -2.22. The van der Waals surface area contributed by atoms with Gasteiger partial charge in [-0.3, -0.25) is 14.6 Å². The first-order valence-electron chi connectivity index (χ1n) is 8.72. The van der Waals surface area contributed by atoms with Crippen LogP contribution in [0.3, 0.4) is 0 Å². The molecule has 140 valence electrons. The number of pyridine rings is 1. The molecule has 0 unspecified atom stereocenters. The molecule has 3 aromatic heterocycles. The van der Waals surface area contributed by atoms with Gasteiger partial charge in [-0.2, -0.15) is 11.3 Å². The lowest BCUT2D eigenvalue weighted by atomic mass is 10.2. The lowest BCUT2D eigenvalue weighted by molar-refractivity contribution is -0.132. The minimum Gasteiger partial charge on any atom is -0.467 e. The molecule has 3 rings (SSSR count). The van der Waals surface area contributed by atoms with Gasteiger partial charge in [0.15, 0.2) is 0 Å². The SMILES string of the molecule is O=C(NCCCC(=O)N(Cc1cccnc1)Cc1ccco1)c1ccsc1. The Morgan fingerprint density at radius 2 is 2.11 bits per heavy atom. The van der Waals surface area contributed by atoms with E-state index in [0.717, 1.165) is 11.3 Å². The largest absolute Gasteiger partial charge is 0.467 e. The maximum Gasteiger partial charge on any atom is 0.252 e. The Morgan fingerprint density at radius 1 is 1.19 bits per heavy atom. The van der Waals surface area contributed by atoms with E-state index in [1.807, 2.05) is 29.6 Å². The zero-order valence-electron chi connectivity index (χ0n) is 14.8. The molecule has 6 nitrogen and oxygen atoms in total. The van der Waals surface area contributed by atoms with E-state index in [2.05, 4.69) is 10.3 Å². The van der Waals surface area contributed by atoms with Crippen LogP contribution in [0.2, 0.25) is 0 Å². The van der Waals surface area contributed by atoms with Crippen LogP contribution < -0.4 is 5.32 Å². The summed E-state index contributed by atoms with van der Waals surface area (Å²) in [6.07, 6.45) is 5.99. The van der Waals surface area contributed by atoms with Crippen molar-refractivity contribution in [1.82, 2.24) is 15.2 Å². The summed E-state index contributed by atoms with van der Waals surface area (Å²) < 4.78 is 5.38. The monoisotopic (exact) mass is 383 g/mol. The highest BCUT2D eigenvalue weighted by atomic mass is 32.1. The van der Waals surface area contributed by atoms with Crippen LogP contribution in [0.15, 0.2) is 64.2 Å². The summed E-state index contributed by atoms with van der Waals surface area (Å²) in [6, 6.07) is 9.23. The van der Waals surface area contributed by atoms with Crippen LogP contribution in [0.5, 0.6) is 0 Å². The summed E-state index contributed by atoms with van der Waals surface area (Å²) in [7, 11) is 0. The van der Waals surface area contributed by atoms with E-state index in [-0.39, 0.29) is 11.8 Å². The first-order chi connectivity index (χ1) is 13.2. The number of carbonyl (C=O) groups excluding carboxylic acids is 2. The van der Waals surface area contributed by atoms with Gasteiger partial charge in [0.25, 0.3) is 5.91 Å². The van der Waals surface area contributed by atoms with Crippen LogP contribution in [-0.4, -0.2) is 28.2 Å². The number of hydrogen-bond donors (Lipinski definition) is 1. The molecule has 0 saturated heterocycles. The molecule has 3 heterocycles. The fraction of sp³-hybridized carbons (Fsp3) is 0.250. The third-order valence-corrected chi connectivity index (χ3v) is 4.70. The topological polar surface area (TPSA) is 75.4 Å². The van der Waals surface area contributed by atoms with Crippen LogP contribution in [0, 0.1) is 0 Å². The fourth-order valence-corrected chi connectivity index (χ4v) is 3.27. The Kier molecular flexibility index (Phi) is 6.76. The molecule has 0 bridgehead atoms. The molecule has 0 aromatic carbocycles. The fourth-order valence-electron chi connectivity index (χ4n) is 2.63. The van der Waals surface area contributed by atoms with Gasteiger partial charge >= 0.3 is 0 Å². The Morgan fingerprint density at radius 3 is 2.81 bits per heavy atom. The summed E-state index contributed by atoms with van der Waals surface area (Å²) >= 11 is 1.48. The molecule has 0 atom stereocenters. The number of thiophene rings is 1. The number of carbonyl (C=O) groups is 2. The molecule has 0 aliphatic rings. The maximum atomic E-state index is 12.7. The summed E-state index contributed by atoms with van der Waals surface area (Å²) in [6.45, 7) is 1.33. The van der Waals surface area contributed by atoms with E-state index >= 15 is 0 Å². The third kappa shape index (κ3) is 5.79. The third-order valence-electron chi connectivity index (χ3n) is 4.01. The van der Waals surface area contributed by atoms with Crippen molar-refractivity contribution in [2.45, 2.75) is 25.9 Å². The van der Waals surface area contributed by atoms with Gasteiger partial charge in [0, 0.05) is 42.8 Å². The summed E-state index contributed by atoms with van der Waals surface area (Å²) in [5.41, 5.74) is 1.62. The van der Waals surface area contributed by atoms with E-state index in [1.165, 1.54) is 11.3 Å². The molecule has 3 aromatic rings. The van der Waals surface area contributed by atoms with Gasteiger partial charge in [-0.25, -0.2) is 0 Å². The standard InChI is InChI=1S/C20H21N3O3S/c24-19(6-2-9-22-20(25)17-7-11-27-15-17)23(14-18-5-3-10-26-18)13-16-4-1-8-21-12-16/h1,3-5,7-8,10-12,15H,2,6,9,13-14H2,(H,22,25). The van der Waals surface area contributed by atoms with Gasteiger partial charge in [0.2, 0.25) is 5.91 Å². The van der Waals surface area contributed by atoms with Crippen LogP contribution in [0.25, 0.3) is 0 Å². The average Bonchev–Trinajstić information content (AvgIpc) is 3.39. The first kappa shape index (κ1) is 18.8. The van der Waals surface area contributed by atoms with Crippen molar-refractivity contribution in [3.63, 3.8) is 0 Å². The number of aromatic nitrogens is 1. The molecule has 0 spiro atoms. The minimum atomic E-state index is -0.105. The van der Waals surface area contributed by atoms with Gasteiger partial charge in [0.1, 0.15) is 5.76 Å². The zero-order chi connectivity index (χ0) is 18.9. The Bertz CT molecular complexity index is 833. The Balaban J connectivity index is 1.51. The minimum absolute atomic E-state index is 0.0139. The smallest absolute Gasteiger partial charge is 0.252 e. The summed E-state index contributed by atoms with van der Waals surface area (Å²) in [5, 5.41) is 6.51. The highest BCUT2D eigenvalue weighted by molar-refractivity contribution is 7.08. The first-order valence-corrected chi connectivity index (χ1v) is 9.66. The predicted molar refractivity (Wildman–Crippen MR) is 103 cm³/mol. The maximum absolute atomic E-state index is 12.7. The van der Waals surface area contributed by atoms with Crippen molar-refractivity contribution < 1.29 is 14.0 Å². The molecule has 1 N–H and O–H groups in total. The van der Waals surface area contributed by atoms with Crippen molar-refractivity contribution in [2.75, 3.05) is 6.54 Å². The van der Waals surface area contributed by atoms with E-state index in [9.17, 15) is 9.59 Å². The van der Waals surface area contributed by atoms with Crippen molar-refractivity contribution in [3.8, 4) is 0 Å². The second-order valence-corrected chi connectivity index (χ2v) is 6.84. The molecule has 0 radical (unpaired) electrons. The zero-order valence-corrected chi connectivity index (χ0v) is 15.7. The lowest BCUT2D eigenvalue weighted by Crippen LogP contribution is -2.31. The summed E-state index contributed by atoms with van der Waals surface area (Å²) in [4.78, 5) is 30.5. The van der Waals surface area contributed by atoms with E-state index in [4.69, 9.17) is 4.42 Å². The van der Waals surface area contributed by atoms with Gasteiger partial charge in [0.05, 0.1) is 12.8 Å². The number of hydrogen-bond acceptors (Lipinski definition) is 5. The molecular formula is C20H21N3O3S. The molecule has 27 heavy (non-hydrogen) atoms. The molecule has 0 fully saturated rings. The predicted octanol–water partition coefficient (Wildman–Crippen LogP) is 3.48. The number of rotatable bonds is 9. The van der Waals surface area contributed by atoms with Gasteiger partial charge in [-0.1, -0.05) is 6.07 Å². The average molecular weight is 383 g/mol. The second-order valence-electron chi connectivity index (χ2n) is 6.06. The second kappa shape index (κ2) is 9.68. The van der Waals surface area contributed by atoms with E-state index in [0.29, 0.717) is 38.0 Å².